The third-order valence-corrected chi connectivity index (χ3v) is 4.66. The Morgan fingerprint density at radius 2 is 1.75 bits per heavy atom. The minimum Gasteiger partial charge on any atom is -0.491 e. The minimum atomic E-state index is -3.96. The third kappa shape index (κ3) is 5.12. The van der Waals surface area contributed by atoms with Crippen molar-refractivity contribution in [2.75, 3.05) is 19.8 Å². The molecule has 2 aromatic rings. The van der Waals surface area contributed by atoms with Gasteiger partial charge in [-0.05, 0) is 55.8 Å². The van der Waals surface area contributed by atoms with E-state index in [1.54, 1.807) is 30.3 Å². The fourth-order valence-electron chi connectivity index (χ4n) is 1.91. The number of benzene rings is 2. The predicted molar refractivity (Wildman–Crippen MR) is 92.4 cm³/mol. The number of rotatable bonds is 8. The van der Waals surface area contributed by atoms with E-state index in [0.717, 1.165) is 5.56 Å². The molecule has 0 saturated heterocycles. The van der Waals surface area contributed by atoms with Crippen molar-refractivity contribution < 1.29 is 22.1 Å². The van der Waals surface area contributed by atoms with E-state index in [1.165, 1.54) is 12.1 Å². The lowest BCUT2D eigenvalue weighted by molar-refractivity contribution is 0.110. The fraction of sp³-hybridized carbons (Fsp3) is 0.294. The van der Waals surface area contributed by atoms with Gasteiger partial charge in [0.05, 0.1) is 11.6 Å². The van der Waals surface area contributed by atoms with E-state index in [1.807, 2.05) is 13.8 Å². The molecule has 0 aromatic heterocycles. The summed E-state index contributed by atoms with van der Waals surface area (Å²) in [5, 5.41) is 0.236. The number of aryl methyl sites for hydroxylation is 1. The zero-order valence-electron chi connectivity index (χ0n) is 13.5. The summed E-state index contributed by atoms with van der Waals surface area (Å²) in [6.45, 7) is 5.23. The molecule has 0 heterocycles. The van der Waals surface area contributed by atoms with Gasteiger partial charge in [0.2, 0.25) is 0 Å². The lowest BCUT2D eigenvalue weighted by Gasteiger charge is -2.10. The van der Waals surface area contributed by atoms with Crippen LogP contribution in [0.3, 0.4) is 0 Å². The molecule has 0 unspecified atom stereocenters. The summed E-state index contributed by atoms with van der Waals surface area (Å²) in [5.41, 5.74) is 0.850. The second-order valence-corrected chi connectivity index (χ2v) is 6.94. The summed E-state index contributed by atoms with van der Waals surface area (Å²) in [5.74, 6) is 0.663. The van der Waals surface area contributed by atoms with Crippen LogP contribution in [0.15, 0.2) is 47.4 Å². The van der Waals surface area contributed by atoms with Crippen molar-refractivity contribution >= 4 is 21.7 Å². The van der Waals surface area contributed by atoms with Crippen LogP contribution in [0.25, 0.3) is 0 Å². The summed E-state index contributed by atoms with van der Waals surface area (Å²) < 4.78 is 40.4. The second kappa shape index (κ2) is 8.37. The third-order valence-electron chi connectivity index (χ3n) is 3.10. The molecule has 0 amide bonds. The maximum Gasteiger partial charge on any atom is 0.339 e. The molecule has 5 nitrogen and oxygen atoms in total. The lowest BCUT2D eigenvalue weighted by atomic mass is 10.2. The molecular formula is C17H19ClO5S. The Hall–Kier alpha value is -1.76. The molecule has 0 saturated carbocycles. The largest absolute Gasteiger partial charge is 0.491 e. The van der Waals surface area contributed by atoms with E-state index in [-0.39, 0.29) is 15.7 Å². The van der Waals surface area contributed by atoms with Crippen LogP contribution >= 0.6 is 11.6 Å². The normalized spacial score (nSPS) is 11.3. The number of hydrogen-bond acceptors (Lipinski definition) is 5. The first kappa shape index (κ1) is 18.6. The van der Waals surface area contributed by atoms with Crippen molar-refractivity contribution in [2.24, 2.45) is 0 Å². The number of halogens is 1. The molecule has 0 spiro atoms. The van der Waals surface area contributed by atoms with Crippen LogP contribution in [0.1, 0.15) is 12.5 Å². The highest BCUT2D eigenvalue weighted by Crippen LogP contribution is 2.28. The van der Waals surface area contributed by atoms with E-state index in [9.17, 15) is 8.42 Å². The first-order valence-electron chi connectivity index (χ1n) is 7.43. The van der Waals surface area contributed by atoms with Crippen LogP contribution in [0, 0.1) is 6.92 Å². The van der Waals surface area contributed by atoms with E-state index in [0.29, 0.717) is 25.6 Å². The summed E-state index contributed by atoms with van der Waals surface area (Å²) >= 11 is 5.98. The monoisotopic (exact) mass is 370 g/mol. The van der Waals surface area contributed by atoms with Gasteiger partial charge in [-0.25, -0.2) is 0 Å². The quantitative estimate of drug-likeness (QED) is 0.522. The Labute approximate surface area is 147 Å². The molecule has 0 aliphatic carbocycles. The highest BCUT2D eigenvalue weighted by Gasteiger charge is 2.18. The molecule has 7 heteroatoms. The van der Waals surface area contributed by atoms with E-state index in [4.69, 9.17) is 25.3 Å². The summed E-state index contributed by atoms with van der Waals surface area (Å²) in [6.07, 6.45) is 0. The van der Waals surface area contributed by atoms with Gasteiger partial charge in [0.15, 0.2) is 5.75 Å². The zero-order valence-corrected chi connectivity index (χ0v) is 15.1. The molecule has 0 bridgehead atoms. The van der Waals surface area contributed by atoms with Gasteiger partial charge in [0, 0.05) is 6.61 Å². The molecule has 0 N–H and O–H groups in total. The van der Waals surface area contributed by atoms with Crippen molar-refractivity contribution in [2.45, 2.75) is 18.7 Å². The van der Waals surface area contributed by atoms with Crippen molar-refractivity contribution in [1.82, 2.24) is 0 Å². The molecular weight excluding hydrogens is 352 g/mol. The molecule has 0 fully saturated rings. The maximum absolute atomic E-state index is 12.3. The summed E-state index contributed by atoms with van der Waals surface area (Å²) in [4.78, 5) is 0.0252. The van der Waals surface area contributed by atoms with Gasteiger partial charge in [-0.2, -0.15) is 8.42 Å². The SMILES string of the molecule is CCOCCOc1ccc(S(=O)(=O)Oc2cc(C)ccc2Cl)cc1. The lowest BCUT2D eigenvalue weighted by Crippen LogP contribution is -2.10. The average molecular weight is 371 g/mol. The Morgan fingerprint density at radius 1 is 1.04 bits per heavy atom. The van der Waals surface area contributed by atoms with Gasteiger partial charge in [-0.1, -0.05) is 17.7 Å². The highest BCUT2D eigenvalue weighted by atomic mass is 35.5. The number of ether oxygens (including phenoxy) is 2. The maximum atomic E-state index is 12.3. The molecule has 2 rings (SSSR count). The first-order valence-corrected chi connectivity index (χ1v) is 9.22. The minimum absolute atomic E-state index is 0.0252. The van der Waals surface area contributed by atoms with Crippen molar-refractivity contribution in [3.8, 4) is 11.5 Å². The highest BCUT2D eigenvalue weighted by molar-refractivity contribution is 7.87. The topological polar surface area (TPSA) is 61.8 Å². The summed E-state index contributed by atoms with van der Waals surface area (Å²) in [7, 11) is -3.96. The Morgan fingerprint density at radius 3 is 2.42 bits per heavy atom. The van der Waals surface area contributed by atoms with Crippen LogP contribution in [-0.2, 0) is 14.9 Å². The molecule has 0 radical (unpaired) electrons. The standard InChI is InChI=1S/C17H19ClO5S/c1-3-21-10-11-22-14-5-7-15(8-6-14)24(19,20)23-17-12-13(2)4-9-16(17)18/h4-9,12H,3,10-11H2,1-2H3. The second-order valence-electron chi connectivity index (χ2n) is 4.99. The van der Waals surface area contributed by atoms with Gasteiger partial charge in [0.25, 0.3) is 0 Å². The van der Waals surface area contributed by atoms with Crippen LogP contribution in [-0.4, -0.2) is 28.2 Å². The smallest absolute Gasteiger partial charge is 0.339 e. The van der Waals surface area contributed by atoms with Crippen LogP contribution in [0.4, 0.5) is 0 Å². The Balaban J connectivity index is 2.08. The van der Waals surface area contributed by atoms with Crippen LogP contribution in [0.2, 0.25) is 5.02 Å². The Kier molecular flexibility index (Phi) is 6.48. The van der Waals surface area contributed by atoms with E-state index < -0.39 is 10.1 Å². The van der Waals surface area contributed by atoms with E-state index in [2.05, 4.69) is 0 Å². The molecule has 130 valence electrons. The Bertz CT molecular complexity index is 772. The summed E-state index contributed by atoms with van der Waals surface area (Å²) in [6, 6.07) is 10.9. The van der Waals surface area contributed by atoms with Crippen LogP contribution in [0.5, 0.6) is 11.5 Å². The van der Waals surface area contributed by atoms with E-state index >= 15 is 0 Å². The van der Waals surface area contributed by atoms with Crippen LogP contribution < -0.4 is 8.92 Å². The van der Waals surface area contributed by atoms with Gasteiger partial charge < -0.3 is 13.7 Å². The van der Waals surface area contributed by atoms with Gasteiger partial charge >= 0.3 is 10.1 Å². The fourth-order valence-corrected chi connectivity index (χ4v) is 3.05. The van der Waals surface area contributed by atoms with Gasteiger partial charge in [0.1, 0.15) is 17.3 Å². The molecule has 24 heavy (non-hydrogen) atoms. The first-order chi connectivity index (χ1) is 11.4. The molecule has 0 aliphatic heterocycles. The molecule has 2 aromatic carbocycles. The predicted octanol–water partition coefficient (Wildman–Crippen LogP) is 3.83. The molecule has 0 atom stereocenters. The van der Waals surface area contributed by atoms with Gasteiger partial charge in [-0.3, -0.25) is 0 Å². The van der Waals surface area contributed by atoms with Crippen molar-refractivity contribution in [3.05, 3.63) is 53.1 Å². The number of hydrogen-bond donors (Lipinski definition) is 0. The zero-order chi connectivity index (χ0) is 17.6. The van der Waals surface area contributed by atoms with Gasteiger partial charge in [-0.15, -0.1) is 0 Å². The average Bonchev–Trinajstić information content (AvgIpc) is 2.55. The van der Waals surface area contributed by atoms with Crippen molar-refractivity contribution in [1.29, 1.82) is 0 Å². The molecule has 0 aliphatic rings. The van der Waals surface area contributed by atoms with Crippen molar-refractivity contribution in [3.63, 3.8) is 0 Å².